The molecule has 0 radical (unpaired) electrons. The average Bonchev–Trinajstić information content (AvgIpc) is 3.10. The third-order valence-corrected chi connectivity index (χ3v) is 5.90. The van der Waals surface area contributed by atoms with Gasteiger partial charge in [0.2, 0.25) is 0 Å². The van der Waals surface area contributed by atoms with E-state index in [1.807, 2.05) is 0 Å². The van der Waals surface area contributed by atoms with E-state index >= 15 is 0 Å². The van der Waals surface area contributed by atoms with Crippen LogP contribution in [0, 0.1) is 6.92 Å². The highest BCUT2D eigenvalue weighted by molar-refractivity contribution is 6.46. The Bertz CT molecular complexity index is 1300. The van der Waals surface area contributed by atoms with Crippen LogP contribution >= 0.6 is 0 Å². The molecule has 1 saturated heterocycles. The molecule has 2 heterocycles. The lowest BCUT2D eigenvalue weighted by atomic mass is 9.93. The summed E-state index contributed by atoms with van der Waals surface area (Å²) in [4.78, 5) is 32.0. The lowest BCUT2D eigenvalue weighted by molar-refractivity contribution is -0.140. The molecule has 1 amide bonds. The third-order valence-electron chi connectivity index (χ3n) is 5.90. The number of Topliss-reactive ketones (excluding diaryl/α,β-unsaturated/α-hetero) is 1. The quantitative estimate of drug-likeness (QED) is 0.301. The van der Waals surface area contributed by atoms with E-state index in [2.05, 4.69) is 4.98 Å². The Kier molecular flexibility index (Phi) is 6.73. The number of carbonyl (C=O) groups is 2. The lowest BCUT2D eigenvalue weighted by Crippen LogP contribution is -2.29. The van der Waals surface area contributed by atoms with Gasteiger partial charge < -0.3 is 24.6 Å². The van der Waals surface area contributed by atoms with Gasteiger partial charge in [-0.3, -0.25) is 14.6 Å². The van der Waals surface area contributed by atoms with E-state index in [0.29, 0.717) is 29.0 Å². The van der Waals surface area contributed by atoms with Crippen LogP contribution in [0.5, 0.6) is 17.2 Å². The molecule has 1 aliphatic heterocycles. The Morgan fingerprint density at radius 3 is 2.60 bits per heavy atom. The van der Waals surface area contributed by atoms with E-state index < -0.39 is 17.7 Å². The molecule has 1 aromatic heterocycles. The highest BCUT2D eigenvalue weighted by Crippen LogP contribution is 2.43. The second-order valence-electron chi connectivity index (χ2n) is 8.13. The topological polar surface area (TPSA) is 109 Å². The summed E-state index contributed by atoms with van der Waals surface area (Å²) in [7, 11) is 1.54. The highest BCUT2D eigenvalue weighted by Gasteiger charge is 2.46. The van der Waals surface area contributed by atoms with Crippen LogP contribution in [0.2, 0.25) is 0 Å². The molecule has 0 saturated carbocycles. The lowest BCUT2D eigenvalue weighted by Gasteiger charge is -2.26. The van der Waals surface area contributed by atoms with E-state index in [0.717, 1.165) is 5.56 Å². The molecular weight excluding hydrogens is 448 g/mol. The standard InChI is InChI=1S/C27H26N2O6/c1-4-35-22-13-18(7-10-21(22)30)24-23(25(31)20-9-8-19(34-3)12-16(20)2)26(32)27(33)29(24)15-17-6-5-11-28-14-17/h5-14,24,30-31H,4,15H2,1-3H3/b25-23+/t24-/m0/s1. The first kappa shape index (κ1) is 23.8. The van der Waals surface area contributed by atoms with Crippen LogP contribution in [0.1, 0.15) is 35.2 Å². The number of aliphatic hydroxyl groups is 1. The molecule has 1 atom stereocenters. The monoisotopic (exact) mass is 474 g/mol. The molecule has 8 nitrogen and oxygen atoms in total. The van der Waals surface area contributed by atoms with E-state index in [1.54, 1.807) is 75.8 Å². The number of aliphatic hydroxyl groups excluding tert-OH is 1. The molecule has 4 rings (SSSR count). The fraction of sp³-hybridized carbons (Fsp3) is 0.222. The maximum Gasteiger partial charge on any atom is 0.295 e. The summed E-state index contributed by atoms with van der Waals surface area (Å²) < 4.78 is 10.8. The van der Waals surface area contributed by atoms with Crippen molar-refractivity contribution >= 4 is 17.4 Å². The largest absolute Gasteiger partial charge is 0.507 e. The molecule has 1 fully saturated rings. The number of aryl methyl sites for hydroxylation is 1. The molecule has 35 heavy (non-hydrogen) atoms. The Labute approximate surface area is 203 Å². The van der Waals surface area contributed by atoms with Crippen molar-refractivity contribution in [2.75, 3.05) is 13.7 Å². The SMILES string of the molecule is CCOc1cc([C@H]2/C(=C(\O)c3ccc(OC)cc3C)C(=O)C(=O)N2Cc2cccnc2)ccc1O. The zero-order chi connectivity index (χ0) is 25.1. The molecular formula is C27H26N2O6. The first-order valence-electron chi connectivity index (χ1n) is 11.1. The van der Waals surface area contributed by atoms with Crippen molar-refractivity contribution in [3.63, 3.8) is 0 Å². The summed E-state index contributed by atoms with van der Waals surface area (Å²) in [6.07, 6.45) is 3.24. The van der Waals surface area contributed by atoms with Crippen LogP contribution in [0.25, 0.3) is 5.76 Å². The molecule has 180 valence electrons. The summed E-state index contributed by atoms with van der Waals surface area (Å²) in [5.41, 5.74) is 2.30. The number of aromatic nitrogens is 1. The van der Waals surface area contributed by atoms with Gasteiger partial charge in [-0.25, -0.2) is 0 Å². The number of ether oxygens (including phenoxy) is 2. The molecule has 2 aromatic carbocycles. The molecule has 0 unspecified atom stereocenters. The van der Waals surface area contributed by atoms with Crippen molar-refractivity contribution in [3.05, 3.63) is 88.8 Å². The van der Waals surface area contributed by atoms with E-state index in [-0.39, 0.29) is 29.4 Å². The Morgan fingerprint density at radius 2 is 1.94 bits per heavy atom. The third kappa shape index (κ3) is 4.55. The van der Waals surface area contributed by atoms with Gasteiger partial charge in [-0.15, -0.1) is 0 Å². The number of likely N-dealkylation sites (tertiary alicyclic amines) is 1. The van der Waals surface area contributed by atoms with Gasteiger partial charge in [-0.1, -0.05) is 12.1 Å². The minimum absolute atomic E-state index is 0.0414. The van der Waals surface area contributed by atoms with Gasteiger partial charge in [0, 0.05) is 24.5 Å². The fourth-order valence-electron chi connectivity index (χ4n) is 4.22. The van der Waals surface area contributed by atoms with Gasteiger partial charge in [0.05, 0.1) is 25.3 Å². The van der Waals surface area contributed by atoms with Crippen LogP contribution in [0.3, 0.4) is 0 Å². The Hall–Kier alpha value is -4.33. The number of aromatic hydroxyl groups is 1. The van der Waals surface area contributed by atoms with Crippen LogP contribution in [-0.4, -0.2) is 45.5 Å². The number of amides is 1. The summed E-state index contributed by atoms with van der Waals surface area (Å²) in [5, 5.41) is 21.5. The molecule has 3 aromatic rings. The van der Waals surface area contributed by atoms with Crippen LogP contribution in [0.4, 0.5) is 0 Å². The molecule has 0 aliphatic carbocycles. The minimum atomic E-state index is -0.906. The number of carbonyl (C=O) groups excluding carboxylic acids is 2. The number of hydrogen-bond acceptors (Lipinski definition) is 7. The molecule has 1 aliphatic rings. The normalized spacial score (nSPS) is 17.0. The molecule has 2 N–H and O–H groups in total. The molecule has 0 spiro atoms. The molecule has 8 heteroatoms. The first-order valence-corrected chi connectivity index (χ1v) is 11.1. The van der Waals surface area contributed by atoms with Gasteiger partial charge in [0.25, 0.3) is 11.7 Å². The maximum atomic E-state index is 13.3. The second-order valence-corrected chi connectivity index (χ2v) is 8.13. The van der Waals surface area contributed by atoms with Crippen molar-refractivity contribution in [2.24, 2.45) is 0 Å². The van der Waals surface area contributed by atoms with Gasteiger partial charge >= 0.3 is 0 Å². The maximum absolute atomic E-state index is 13.3. The summed E-state index contributed by atoms with van der Waals surface area (Å²) >= 11 is 0. The van der Waals surface area contributed by atoms with Crippen LogP contribution < -0.4 is 9.47 Å². The zero-order valence-corrected chi connectivity index (χ0v) is 19.7. The van der Waals surface area contributed by atoms with Crippen molar-refractivity contribution < 1.29 is 29.3 Å². The second kappa shape index (κ2) is 9.89. The molecule has 0 bridgehead atoms. The summed E-state index contributed by atoms with van der Waals surface area (Å²) in [6.45, 7) is 3.99. The summed E-state index contributed by atoms with van der Waals surface area (Å²) in [6, 6.07) is 12.4. The number of hydrogen-bond donors (Lipinski definition) is 2. The number of rotatable bonds is 7. The average molecular weight is 475 g/mol. The van der Waals surface area contributed by atoms with Gasteiger partial charge in [0.1, 0.15) is 11.5 Å². The zero-order valence-electron chi connectivity index (χ0n) is 19.7. The van der Waals surface area contributed by atoms with Gasteiger partial charge in [-0.2, -0.15) is 0 Å². The Balaban J connectivity index is 1.90. The number of phenolic OH excluding ortho intramolecular Hbond substituents is 1. The van der Waals surface area contributed by atoms with Crippen molar-refractivity contribution in [2.45, 2.75) is 26.4 Å². The number of methoxy groups -OCH3 is 1. The van der Waals surface area contributed by atoms with Gasteiger partial charge in [0.15, 0.2) is 11.5 Å². The van der Waals surface area contributed by atoms with Crippen LogP contribution in [0.15, 0.2) is 66.5 Å². The number of phenols is 1. The fourth-order valence-corrected chi connectivity index (χ4v) is 4.22. The minimum Gasteiger partial charge on any atom is -0.507 e. The number of nitrogens with zero attached hydrogens (tertiary/aromatic N) is 2. The number of pyridine rings is 1. The predicted molar refractivity (Wildman–Crippen MR) is 129 cm³/mol. The van der Waals surface area contributed by atoms with Crippen molar-refractivity contribution in [1.82, 2.24) is 9.88 Å². The Morgan fingerprint density at radius 1 is 1.14 bits per heavy atom. The first-order chi connectivity index (χ1) is 16.8. The van der Waals surface area contributed by atoms with E-state index in [9.17, 15) is 19.8 Å². The van der Waals surface area contributed by atoms with Crippen molar-refractivity contribution in [1.29, 1.82) is 0 Å². The smallest absolute Gasteiger partial charge is 0.295 e. The van der Waals surface area contributed by atoms with Crippen molar-refractivity contribution in [3.8, 4) is 17.2 Å². The van der Waals surface area contributed by atoms with Gasteiger partial charge in [-0.05, 0) is 66.9 Å². The number of ketones is 1. The van der Waals surface area contributed by atoms with E-state index in [1.165, 1.54) is 11.0 Å². The van der Waals surface area contributed by atoms with Crippen LogP contribution in [-0.2, 0) is 16.1 Å². The summed E-state index contributed by atoms with van der Waals surface area (Å²) in [5.74, 6) is -1.06. The van der Waals surface area contributed by atoms with E-state index in [4.69, 9.17) is 9.47 Å². The predicted octanol–water partition coefficient (Wildman–Crippen LogP) is 4.12. The highest BCUT2D eigenvalue weighted by atomic mass is 16.5. The number of benzene rings is 2.